The molecule has 1 aliphatic carbocycles. The van der Waals surface area contributed by atoms with Gasteiger partial charge in [-0.1, -0.05) is 37.1 Å². The first-order valence-electron chi connectivity index (χ1n) is 8.72. The predicted octanol–water partition coefficient (Wildman–Crippen LogP) is 2.71. The van der Waals surface area contributed by atoms with Gasteiger partial charge in [0.15, 0.2) is 5.60 Å². The molecule has 23 heavy (non-hydrogen) atoms. The maximum Gasteiger partial charge on any atom is 0.340 e. The number of aliphatic carboxylic acids is 1. The summed E-state index contributed by atoms with van der Waals surface area (Å²) in [6, 6.07) is 7.68. The number of benzene rings is 1. The number of likely N-dealkylation sites (tertiary alicyclic amines) is 1. The zero-order valence-electron chi connectivity index (χ0n) is 14.2. The Hall–Kier alpha value is -1.39. The quantitative estimate of drug-likeness (QED) is 0.839. The Bertz CT molecular complexity index is 592. The lowest BCUT2D eigenvalue weighted by Crippen LogP contribution is -2.43. The molecule has 1 saturated carbocycles. The van der Waals surface area contributed by atoms with Crippen molar-refractivity contribution < 1.29 is 19.5 Å². The first-order chi connectivity index (χ1) is 10.8. The van der Waals surface area contributed by atoms with Crippen LogP contribution in [0.4, 0.5) is 0 Å². The van der Waals surface area contributed by atoms with Crippen molar-refractivity contribution in [1.82, 2.24) is 0 Å². The van der Waals surface area contributed by atoms with Crippen molar-refractivity contribution in [2.45, 2.75) is 43.6 Å². The third-order valence-corrected chi connectivity index (χ3v) is 5.88. The molecule has 3 rings (SSSR count). The Kier molecular flexibility index (Phi) is 4.23. The van der Waals surface area contributed by atoms with Crippen molar-refractivity contribution in [3.63, 3.8) is 0 Å². The average Bonchev–Trinajstić information content (AvgIpc) is 3.16. The second-order valence-electron chi connectivity index (χ2n) is 7.97. The van der Waals surface area contributed by atoms with E-state index < -0.39 is 11.6 Å². The normalized spacial score (nSPS) is 27.0. The van der Waals surface area contributed by atoms with Crippen LogP contribution in [-0.4, -0.2) is 47.9 Å². The van der Waals surface area contributed by atoms with E-state index in [1.165, 1.54) is 0 Å². The SMILES string of the molecule is C[N+]1(C)CC[C@H](c2ccccc2[C@@](O)(C(=O)O)C2CCCC2)C1. The van der Waals surface area contributed by atoms with Gasteiger partial charge in [0.25, 0.3) is 0 Å². The van der Waals surface area contributed by atoms with E-state index in [4.69, 9.17) is 0 Å². The van der Waals surface area contributed by atoms with Crippen LogP contribution in [0.5, 0.6) is 0 Å². The topological polar surface area (TPSA) is 57.5 Å². The fourth-order valence-electron chi connectivity index (χ4n) is 4.59. The molecule has 0 amide bonds. The highest BCUT2D eigenvalue weighted by atomic mass is 16.4. The second kappa shape index (κ2) is 5.91. The van der Waals surface area contributed by atoms with Crippen LogP contribution in [0.3, 0.4) is 0 Å². The minimum absolute atomic E-state index is 0.176. The third-order valence-electron chi connectivity index (χ3n) is 5.88. The molecule has 0 unspecified atom stereocenters. The number of aliphatic hydroxyl groups is 1. The first kappa shape index (κ1) is 16.5. The summed E-state index contributed by atoms with van der Waals surface area (Å²) in [5.41, 5.74) is -0.0772. The van der Waals surface area contributed by atoms with Crippen LogP contribution in [0.1, 0.15) is 49.1 Å². The third kappa shape index (κ3) is 2.90. The summed E-state index contributed by atoms with van der Waals surface area (Å²) in [6.07, 6.45) is 4.66. The van der Waals surface area contributed by atoms with Crippen molar-refractivity contribution in [1.29, 1.82) is 0 Å². The predicted molar refractivity (Wildman–Crippen MR) is 89.1 cm³/mol. The molecule has 0 radical (unpaired) electrons. The second-order valence-corrected chi connectivity index (χ2v) is 7.97. The van der Waals surface area contributed by atoms with Crippen molar-refractivity contribution in [2.75, 3.05) is 27.2 Å². The summed E-state index contributed by atoms with van der Waals surface area (Å²) in [5, 5.41) is 21.1. The Balaban J connectivity index is 2.03. The van der Waals surface area contributed by atoms with Gasteiger partial charge < -0.3 is 14.7 Å². The molecule has 1 aromatic carbocycles. The van der Waals surface area contributed by atoms with Crippen LogP contribution in [0.2, 0.25) is 0 Å². The molecule has 0 bridgehead atoms. The van der Waals surface area contributed by atoms with Crippen molar-refractivity contribution in [3.05, 3.63) is 35.4 Å². The van der Waals surface area contributed by atoms with E-state index in [-0.39, 0.29) is 5.92 Å². The van der Waals surface area contributed by atoms with Gasteiger partial charge in [-0.15, -0.1) is 0 Å². The largest absolute Gasteiger partial charge is 0.479 e. The number of likely N-dealkylation sites (N-methyl/N-ethyl adjacent to an activating group) is 1. The molecule has 0 aromatic heterocycles. The summed E-state index contributed by atoms with van der Waals surface area (Å²) in [4.78, 5) is 12.0. The van der Waals surface area contributed by atoms with Gasteiger partial charge >= 0.3 is 5.97 Å². The molecule has 4 nitrogen and oxygen atoms in total. The molecule has 1 aromatic rings. The van der Waals surface area contributed by atoms with Gasteiger partial charge in [0, 0.05) is 18.3 Å². The molecule has 126 valence electrons. The van der Waals surface area contributed by atoms with Crippen molar-refractivity contribution in [3.8, 4) is 0 Å². The molecule has 2 atom stereocenters. The van der Waals surface area contributed by atoms with Gasteiger partial charge in [0.05, 0.1) is 27.2 Å². The lowest BCUT2D eigenvalue weighted by molar-refractivity contribution is -0.878. The van der Waals surface area contributed by atoms with Crippen LogP contribution < -0.4 is 0 Å². The minimum atomic E-state index is -1.74. The molecule has 2 N–H and O–H groups in total. The monoisotopic (exact) mass is 318 g/mol. The average molecular weight is 318 g/mol. The summed E-state index contributed by atoms with van der Waals surface area (Å²) in [7, 11) is 4.42. The molecule has 1 aliphatic heterocycles. The fraction of sp³-hybridized carbons (Fsp3) is 0.632. The number of carbonyl (C=O) groups is 1. The Morgan fingerprint density at radius 2 is 1.83 bits per heavy atom. The van der Waals surface area contributed by atoms with Crippen molar-refractivity contribution in [2.24, 2.45) is 5.92 Å². The Morgan fingerprint density at radius 1 is 1.17 bits per heavy atom. The van der Waals surface area contributed by atoms with Gasteiger partial charge in [-0.2, -0.15) is 0 Å². The first-order valence-corrected chi connectivity index (χ1v) is 8.72. The number of hydrogen-bond donors (Lipinski definition) is 2. The lowest BCUT2D eigenvalue weighted by Gasteiger charge is -2.33. The summed E-state index contributed by atoms with van der Waals surface area (Å²) in [5.74, 6) is -0.942. The highest BCUT2D eigenvalue weighted by molar-refractivity contribution is 5.80. The number of carboxylic acids is 1. The lowest BCUT2D eigenvalue weighted by atomic mass is 9.76. The maximum absolute atomic E-state index is 12.0. The summed E-state index contributed by atoms with van der Waals surface area (Å²) in [6.45, 7) is 2.09. The van der Waals surface area contributed by atoms with Crippen molar-refractivity contribution >= 4 is 5.97 Å². The van der Waals surface area contributed by atoms with E-state index in [2.05, 4.69) is 14.1 Å². The summed E-state index contributed by atoms with van der Waals surface area (Å²) >= 11 is 0. The molecule has 1 heterocycles. The zero-order valence-corrected chi connectivity index (χ0v) is 14.2. The van der Waals surface area contributed by atoms with E-state index in [1.54, 1.807) is 0 Å². The molecular formula is C19H28NO3+. The highest BCUT2D eigenvalue weighted by Gasteiger charge is 2.49. The number of rotatable bonds is 4. The van der Waals surface area contributed by atoms with E-state index in [9.17, 15) is 15.0 Å². The summed E-state index contributed by atoms with van der Waals surface area (Å²) < 4.78 is 0.952. The standard InChI is InChI=1S/C19H27NO3/c1-20(2)12-11-14(13-20)16-9-5-6-10-17(16)19(23,18(21)22)15-7-3-4-8-15/h5-6,9-10,14-15,23H,3-4,7-8,11-13H2,1-2H3/p+1/t14-,19+/m0/s1. The Morgan fingerprint density at radius 3 is 2.39 bits per heavy atom. The number of nitrogens with zero attached hydrogens (tertiary/aromatic N) is 1. The molecule has 1 saturated heterocycles. The smallest absolute Gasteiger partial charge is 0.340 e. The van der Waals surface area contributed by atoms with Gasteiger partial charge in [-0.05, 0) is 24.0 Å². The maximum atomic E-state index is 12.0. The van der Waals surface area contributed by atoms with E-state index >= 15 is 0 Å². The van der Waals surface area contributed by atoms with E-state index in [1.807, 2.05) is 24.3 Å². The molecule has 2 fully saturated rings. The van der Waals surface area contributed by atoms with Crippen LogP contribution in [0.15, 0.2) is 24.3 Å². The van der Waals surface area contributed by atoms with Crippen LogP contribution in [-0.2, 0) is 10.4 Å². The fourth-order valence-corrected chi connectivity index (χ4v) is 4.59. The molecule has 0 spiro atoms. The van der Waals surface area contributed by atoms with Gasteiger partial charge in [0.2, 0.25) is 0 Å². The van der Waals surface area contributed by atoms with Crippen LogP contribution in [0.25, 0.3) is 0 Å². The van der Waals surface area contributed by atoms with E-state index in [0.717, 1.165) is 55.2 Å². The molecule has 2 aliphatic rings. The molecule has 4 heteroatoms. The Labute approximate surface area is 138 Å². The number of quaternary nitrogens is 1. The van der Waals surface area contributed by atoms with E-state index in [0.29, 0.717) is 11.5 Å². The highest BCUT2D eigenvalue weighted by Crippen LogP contribution is 2.44. The van der Waals surface area contributed by atoms with Crippen LogP contribution >= 0.6 is 0 Å². The van der Waals surface area contributed by atoms with Gasteiger partial charge in [-0.25, -0.2) is 4.79 Å². The van der Waals surface area contributed by atoms with Crippen LogP contribution in [0, 0.1) is 5.92 Å². The van der Waals surface area contributed by atoms with Gasteiger partial charge in [-0.3, -0.25) is 0 Å². The molecular weight excluding hydrogens is 290 g/mol. The number of carboxylic acid groups (broad SMARTS) is 1. The number of hydrogen-bond acceptors (Lipinski definition) is 2. The zero-order chi connectivity index (χ0) is 16.7. The van der Waals surface area contributed by atoms with Gasteiger partial charge in [0.1, 0.15) is 0 Å². The minimum Gasteiger partial charge on any atom is -0.479 e.